The average molecular weight is 275 g/mol. The summed E-state index contributed by atoms with van der Waals surface area (Å²) >= 11 is 0. The van der Waals surface area contributed by atoms with Crippen LogP contribution < -0.4 is 10.6 Å². The molecule has 0 radical (unpaired) electrons. The molecule has 2 rings (SSSR count). The van der Waals surface area contributed by atoms with Crippen molar-refractivity contribution in [3.8, 4) is 0 Å². The van der Waals surface area contributed by atoms with Gasteiger partial charge in [0.15, 0.2) is 0 Å². The quantitative estimate of drug-likeness (QED) is 0.896. The number of nitrogens with two attached hydrogens (primary N) is 1. The largest absolute Gasteiger partial charge is 0.367 e. The third-order valence-corrected chi connectivity index (χ3v) is 4.08. The topological polar surface area (TPSA) is 32.5 Å². The van der Waals surface area contributed by atoms with Crippen LogP contribution in [0.2, 0.25) is 0 Å². The van der Waals surface area contributed by atoms with Gasteiger partial charge in [-0.3, -0.25) is 0 Å². The minimum atomic E-state index is 0.230. The van der Waals surface area contributed by atoms with Crippen molar-refractivity contribution in [2.45, 2.75) is 45.2 Å². The molecule has 1 aliphatic heterocycles. The molecule has 1 aliphatic rings. The molecule has 3 heteroatoms. The van der Waals surface area contributed by atoms with Crippen molar-refractivity contribution in [1.82, 2.24) is 4.90 Å². The first-order valence-electron chi connectivity index (χ1n) is 7.74. The fourth-order valence-corrected chi connectivity index (χ4v) is 3.30. The van der Waals surface area contributed by atoms with Gasteiger partial charge < -0.3 is 15.5 Å². The number of hydrogen-bond acceptors (Lipinski definition) is 3. The van der Waals surface area contributed by atoms with Crippen molar-refractivity contribution in [2.75, 3.05) is 32.1 Å². The SMILES string of the molecule is Cc1cc(CC(C)N)ccc1N1CCCC1CN(C)C. The average Bonchev–Trinajstić information content (AvgIpc) is 2.75. The normalized spacial score (nSPS) is 20.7. The molecule has 3 nitrogen and oxygen atoms in total. The van der Waals surface area contributed by atoms with E-state index in [-0.39, 0.29) is 6.04 Å². The van der Waals surface area contributed by atoms with Crippen LogP contribution in [0.5, 0.6) is 0 Å². The van der Waals surface area contributed by atoms with Crippen LogP contribution >= 0.6 is 0 Å². The van der Waals surface area contributed by atoms with Gasteiger partial charge in [-0.2, -0.15) is 0 Å². The Morgan fingerprint density at radius 1 is 1.40 bits per heavy atom. The van der Waals surface area contributed by atoms with Gasteiger partial charge >= 0.3 is 0 Å². The molecule has 0 aromatic heterocycles. The molecule has 0 aliphatic carbocycles. The van der Waals surface area contributed by atoms with Gasteiger partial charge in [0.25, 0.3) is 0 Å². The molecular formula is C17H29N3. The Morgan fingerprint density at radius 3 is 2.75 bits per heavy atom. The smallest absolute Gasteiger partial charge is 0.0417 e. The van der Waals surface area contributed by atoms with E-state index < -0.39 is 0 Å². The van der Waals surface area contributed by atoms with Gasteiger partial charge in [0.1, 0.15) is 0 Å². The van der Waals surface area contributed by atoms with Crippen LogP contribution in [0, 0.1) is 6.92 Å². The third kappa shape index (κ3) is 3.74. The molecule has 1 heterocycles. The zero-order chi connectivity index (χ0) is 14.7. The molecule has 0 amide bonds. The Kier molecular flexibility index (Phi) is 5.06. The van der Waals surface area contributed by atoms with Crippen LogP contribution in [-0.4, -0.2) is 44.2 Å². The fourth-order valence-electron chi connectivity index (χ4n) is 3.30. The van der Waals surface area contributed by atoms with Crippen LogP contribution in [0.3, 0.4) is 0 Å². The predicted octanol–water partition coefficient (Wildman–Crippen LogP) is 2.42. The van der Waals surface area contributed by atoms with Crippen molar-refractivity contribution in [3.63, 3.8) is 0 Å². The van der Waals surface area contributed by atoms with E-state index in [0.29, 0.717) is 6.04 Å². The second-order valence-corrected chi connectivity index (χ2v) is 6.55. The van der Waals surface area contributed by atoms with E-state index in [2.05, 4.69) is 55.9 Å². The van der Waals surface area contributed by atoms with Crippen LogP contribution in [0.1, 0.15) is 30.9 Å². The number of anilines is 1. The highest BCUT2D eigenvalue weighted by molar-refractivity contribution is 5.56. The minimum absolute atomic E-state index is 0.230. The van der Waals surface area contributed by atoms with E-state index in [1.54, 1.807) is 0 Å². The van der Waals surface area contributed by atoms with Gasteiger partial charge in [-0.25, -0.2) is 0 Å². The second kappa shape index (κ2) is 6.59. The molecular weight excluding hydrogens is 246 g/mol. The number of hydrogen-bond donors (Lipinski definition) is 1. The van der Waals surface area contributed by atoms with E-state index in [0.717, 1.165) is 13.0 Å². The highest BCUT2D eigenvalue weighted by atomic mass is 15.2. The Bertz CT molecular complexity index is 440. The number of likely N-dealkylation sites (N-methyl/N-ethyl adjacent to an activating group) is 1. The van der Waals surface area contributed by atoms with Crippen molar-refractivity contribution >= 4 is 5.69 Å². The lowest BCUT2D eigenvalue weighted by molar-refractivity contribution is 0.372. The van der Waals surface area contributed by atoms with Crippen molar-refractivity contribution in [3.05, 3.63) is 29.3 Å². The minimum Gasteiger partial charge on any atom is -0.367 e. The summed E-state index contributed by atoms with van der Waals surface area (Å²) < 4.78 is 0. The lowest BCUT2D eigenvalue weighted by Gasteiger charge is -2.30. The lowest BCUT2D eigenvalue weighted by atomic mass is 10.0. The molecule has 1 aromatic carbocycles. The molecule has 1 aromatic rings. The lowest BCUT2D eigenvalue weighted by Crippen LogP contribution is -2.37. The number of nitrogens with zero attached hydrogens (tertiary/aromatic N) is 2. The third-order valence-electron chi connectivity index (χ3n) is 4.08. The molecule has 1 fully saturated rings. The van der Waals surface area contributed by atoms with E-state index >= 15 is 0 Å². The first-order valence-corrected chi connectivity index (χ1v) is 7.74. The summed E-state index contributed by atoms with van der Waals surface area (Å²) in [6.07, 6.45) is 3.57. The van der Waals surface area contributed by atoms with Gasteiger partial charge in [-0.15, -0.1) is 0 Å². The first kappa shape index (κ1) is 15.3. The summed E-state index contributed by atoms with van der Waals surface area (Å²) in [5.41, 5.74) is 10.0. The Hall–Kier alpha value is -1.06. The zero-order valence-electron chi connectivity index (χ0n) is 13.4. The summed E-state index contributed by atoms with van der Waals surface area (Å²) in [6, 6.07) is 7.73. The van der Waals surface area contributed by atoms with Crippen molar-refractivity contribution in [2.24, 2.45) is 5.73 Å². The van der Waals surface area contributed by atoms with Crippen LogP contribution in [0.4, 0.5) is 5.69 Å². The first-order chi connectivity index (χ1) is 9.47. The van der Waals surface area contributed by atoms with E-state index in [1.807, 2.05) is 0 Å². The van der Waals surface area contributed by atoms with Crippen molar-refractivity contribution in [1.29, 1.82) is 0 Å². The fraction of sp³-hybridized carbons (Fsp3) is 0.647. The molecule has 112 valence electrons. The number of rotatable bonds is 5. The van der Waals surface area contributed by atoms with Crippen molar-refractivity contribution < 1.29 is 0 Å². The highest BCUT2D eigenvalue weighted by Crippen LogP contribution is 2.29. The van der Waals surface area contributed by atoms with Crippen LogP contribution in [0.15, 0.2) is 18.2 Å². The second-order valence-electron chi connectivity index (χ2n) is 6.55. The molecule has 2 atom stereocenters. The summed E-state index contributed by atoms with van der Waals surface area (Å²) in [6.45, 7) is 6.62. The van der Waals surface area contributed by atoms with Gasteiger partial charge in [-0.05, 0) is 64.4 Å². The highest BCUT2D eigenvalue weighted by Gasteiger charge is 2.26. The maximum absolute atomic E-state index is 5.90. The Labute approximate surface area is 123 Å². The molecule has 0 bridgehead atoms. The number of benzene rings is 1. The van der Waals surface area contributed by atoms with E-state index in [4.69, 9.17) is 5.73 Å². The summed E-state index contributed by atoms with van der Waals surface area (Å²) in [5.74, 6) is 0. The molecule has 2 N–H and O–H groups in total. The summed E-state index contributed by atoms with van der Waals surface area (Å²) in [4.78, 5) is 4.88. The maximum Gasteiger partial charge on any atom is 0.0417 e. The predicted molar refractivity (Wildman–Crippen MR) is 87.5 cm³/mol. The molecule has 2 unspecified atom stereocenters. The summed E-state index contributed by atoms with van der Waals surface area (Å²) in [7, 11) is 4.32. The molecule has 20 heavy (non-hydrogen) atoms. The monoisotopic (exact) mass is 275 g/mol. The van der Waals surface area contributed by atoms with E-state index in [9.17, 15) is 0 Å². The molecule has 0 saturated carbocycles. The molecule has 0 spiro atoms. The maximum atomic E-state index is 5.90. The van der Waals surface area contributed by atoms with Gasteiger partial charge in [0, 0.05) is 30.9 Å². The van der Waals surface area contributed by atoms with Gasteiger partial charge in [0.05, 0.1) is 0 Å². The molecule has 1 saturated heterocycles. The van der Waals surface area contributed by atoms with Gasteiger partial charge in [-0.1, -0.05) is 12.1 Å². The standard InChI is InChI=1S/C17H29N3/c1-13-10-15(11-14(2)18)7-8-17(13)20-9-5-6-16(20)12-19(3)4/h7-8,10,14,16H,5-6,9,11-12,18H2,1-4H3. The van der Waals surface area contributed by atoms with E-state index in [1.165, 1.54) is 36.2 Å². The van der Waals surface area contributed by atoms with Crippen LogP contribution in [-0.2, 0) is 6.42 Å². The zero-order valence-corrected chi connectivity index (χ0v) is 13.4. The van der Waals surface area contributed by atoms with Gasteiger partial charge in [0.2, 0.25) is 0 Å². The summed E-state index contributed by atoms with van der Waals surface area (Å²) in [5, 5.41) is 0. The number of aryl methyl sites for hydroxylation is 1. The Morgan fingerprint density at radius 2 is 2.15 bits per heavy atom. The Balaban J connectivity index is 2.15. The van der Waals surface area contributed by atoms with Crippen LogP contribution in [0.25, 0.3) is 0 Å².